The summed E-state index contributed by atoms with van der Waals surface area (Å²) < 4.78 is 24.2. The van der Waals surface area contributed by atoms with Gasteiger partial charge in [-0.05, 0) is 43.2 Å². The maximum atomic E-state index is 12.1. The third-order valence-corrected chi connectivity index (χ3v) is 5.33. The van der Waals surface area contributed by atoms with E-state index < -0.39 is 10.0 Å². The van der Waals surface area contributed by atoms with Gasteiger partial charge in [0.25, 0.3) is 10.0 Å². The monoisotopic (exact) mass is 363 g/mol. The zero-order valence-electron chi connectivity index (χ0n) is 13.2. The van der Waals surface area contributed by atoms with Gasteiger partial charge in [0.15, 0.2) is 0 Å². The van der Waals surface area contributed by atoms with Crippen LogP contribution in [0.2, 0.25) is 5.02 Å². The zero-order valence-corrected chi connectivity index (χ0v) is 14.8. The van der Waals surface area contributed by atoms with Gasteiger partial charge in [-0.1, -0.05) is 58.0 Å². The zero-order chi connectivity index (χ0) is 17.2. The molecule has 2 aromatic rings. The van der Waals surface area contributed by atoms with E-state index >= 15 is 0 Å². The Labute approximate surface area is 147 Å². The first kappa shape index (κ1) is 17.2. The molecule has 24 heavy (non-hydrogen) atoms. The summed E-state index contributed by atoms with van der Waals surface area (Å²) >= 11 is 5.86. The smallest absolute Gasteiger partial charge is 0.262 e. The van der Waals surface area contributed by atoms with E-state index in [1.807, 2.05) is 31.2 Å². The Hall–Kier alpha value is -1.66. The van der Waals surface area contributed by atoms with Crippen molar-refractivity contribution >= 4 is 27.7 Å². The quantitative estimate of drug-likeness (QED) is 0.790. The first-order valence-corrected chi connectivity index (χ1v) is 9.46. The summed E-state index contributed by atoms with van der Waals surface area (Å²) in [6.45, 7) is 2.23. The molecule has 0 spiro atoms. The Kier molecular flexibility index (Phi) is 5.06. The van der Waals surface area contributed by atoms with Crippen molar-refractivity contribution in [2.45, 2.75) is 18.2 Å². The van der Waals surface area contributed by atoms with Crippen LogP contribution in [0.1, 0.15) is 17.5 Å². The highest BCUT2D eigenvalue weighted by molar-refractivity contribution is 7.89. The van der Waals surface area contributed by atoms with E-state index in [1.165, 1.54) is 5.57 Å². The average molecular weight is 364 g/mol. The number of hydrogen-bond donors (Lipinski definition) is 1. The Balaban J connectivity index is 1.51. The second-order valence-electron chi connectivity index (χ2n) is 5.88. The molecule has 1 fully saturated rings. The summed E-state index contributed by atoms with van der Waals surface area (Å²) in [5.41, 5.74) is 3.33. The molecule has 1 unspecified atom stereocenters. The normalized spacial score (nSPS) is 18.8. The highest BCUT2D eigenvalue weighted by Gasteiger charge is 2.30. The summed E-state index contributed by atoms with van der Waals surface area (Å²) in [7, 11) is -3.63. The molecular formula is C18H18ClNO3S. The molecular weight excluding hydrogens is 346 g/mol. The van der Waals surface area contributed by atoms with E-state index in [0.717, 1.165) is 17.5 Å². The fraction of sp³-hybridized carbons (Fsp3) is 0.222. The van der Waals surface area contributed by atoms with Gasteiger partial charge in [0, 0.05) is 10.9 Å². The summed E-state index contributed by atoms with van der Waals surface area (Å²) in [4.78, 5) is 7.57. The molecule has 1 N–H and O–H groups in total. The van der Waals surface area contributed by atoms with E-state index in [9.17, 15) is 8.42 Å². The topological polar surface area (TPSA) is 55.4 Å². The minimum Gasteiger partial charge on any atom is -0.286 e. The number of benzene rings is 2. The lowest BCUT2D eigenvalue weighted by atomic mass is 10.2. The van der Waals surface area contributed by atoms with Crippen LogP contribution in [-0.2, 0) is 14.9 Å². The van der Waals surface area contributed by atoms with Crippen molar-refractivity contribution in [2.75, 3.05) is 6.61 Å². The number of sulfonamides is 1. The summed E-state index contributed by atoms with van der Waals surface area (Å²) in [6, 6.07) is 14.2. The molecule has 1 saturated carbocycles. The lowest BCUT2D eigenvalue weighted by Crippen LogP contribution is -2.25. The molecule has 6 heteroatoms. The van der Waals surface area contributed by atoms with E-state index in [0.29, 0.717) is 11.6 Å². The van der Waals surface area contributed by atoms with E-state index in [-0.39, 0.29) is 10.8 Å². The summed E-state index contributed by atoms with van der Waals surface area (Å²) in [5, 5.41) is 0.707. The minimum absolute atomic E-state index is 0.195. The highest BCUT2D eigenvalue weighted by atomic mass is 35.5. The molecule has 3 rings (SSSR count). The number of rotatable bonds is 6. The first-order chi connectivity index (χ1) is 11.4. The van der Waals surface area contributed by atoms with Gasteiger partial charge in [0.2, 0.25) is 0 Å². The van der Waals surface area contributed by atoms with Crippen molar-refractivity contribution in [1.82, 2.24) is 4.89 Å². The molecule has 126 valence electrons. The van der Waals surface area contributed by atoms with Crippen molar-refractivity contribution in [3.05, 3.63) is 70.3 Å². The van der Waals surface area contributed by atoms with E-state index in [2.05, 4.69) is 11.0 Å². The molecule has 0 bridgehead atoms. The highest BCUT2D eigenvalue weighted by Crippen LogP contribution is 2.39. The molecule has 1 aliphatic rings. The number of halogens is 1. The lowest BCUT2D eigenvalue weighted by Gasteiger charge is -2.06. The standard InChI is InChI=1S/C18H18ClNO3S/c1-13-2-8-18(9-3-13)24(21,22)20-23-12-16-11-15(16)10-14-4-6-17(19)7-5-14/h2-10,16,20H,11-12H2,1H3/b15-10+. The van der Waals surface area contributed by atoms with Crippen LogP contribution in [0.5, 0.6) is 0 Å². The van der Waals surface area contributed by atoms with Crippen LogP contribution in [-0.4, -0.2) is 15.0 Å². The molecule has 2 aromatic carbocycles. The van der Waals surface area contributed by atoms with Crippen LogP contribution in [0.25, 0.3) is 6.08 Å². The number of nitrogens with one attached hydrogen (secondary N) is 1. The molecule has 0 aromatic heterocycles. The average Bonchev–Trinajstić information content (AvgIpc) is 3.28. The molecule has 1 aliphatic carbocycles. The molecule has 0 aliphatic heterocycles. The second-order valence-corrected chi connectivity index (χ2v) is 7.96. The largest absolute Gasteiger partial charge is 0.286 e. The van der Waals surface area contributed by atoms with Gasteiger partial charge >= 0.3 is 0 Å². The van der Waals surface area contributed by atoms with Crippen molar-refractivity contribution < 1.29 is 13.3 Å². The van der Waals surface area contributed by atoms with Gasteiger partial charge in [-0.3, -0.25) is 4.84 Å². The summed E-state index contributed by atoms with van der Waals surface area (Å²) in [5.74, 6) is 0.251. The van der Waals surface area contributed by atoms with Crippen molar-refractivity contribution in [2.24, 2.45) is 5.92 Å². The third kappa shape index (κ3) is 4.45. The van der Waals surface area contributed by atoms with Gasteiger partial charge in [0.1, 0.15) is 0 Å². The Morgan fingerprint density at radius 3 is 2.50 bits per heavy atom. The van der Waals surface area contributed by atoms with Gasteiger partial charge in [-0.15, -0.1) is 0 Å². The van der Waals surface area contributed by atoms with Gasteiger partial charge in [0.05, 0.1) is 11.5 Å². The molecule has 0 radical (unpaired) electrons. The van der Waals surface area contributed by atoms with Crippen LogP contribution in [0.3, 0.4) is 0 Å². The lowest BCUT2D eigenvalue weighted by molar-refractivity contribution is 0.0867. The molecule has 4 nitrogen and oxygen atoms in total. The fourth-order valence-electron chi connectivity index (χ4n) is 2.32. The number of aryl methyl sites for hydroxylation is 1. The van der Waals surface area contributed by atoms with Crippen LogP contribution in [0, 0.1) is 12.8 Å². The Morgan fingerprint density at radius 1 is 1.17 bits per heavy atom. The van der Waals surface area contributed by atoms with Crippen molar-refractivity contribution in [1.29, 1.82) is 0 Å². The van der Waals surface area contributed by atoms with Crippen LogP contribution >= 0.6 is 11.6 Å². The first-order valence-electron chi connectivity index (χ1n) is 7.60. The number of hydrogen-bond acceptors (Lipinski definition) is 3. The Morgan fingerprint density at radius 2 is 1.83 bits per heavy atom. The van der Waals surface area contributed by atoms with Crippen LogP contribution < -0.4 is 4.89 Å². The van der Waals surface area contributed by atoms with Gasteiger partial charge < -0.3 is 0 Å². The maximum Gasteiger partial charge on any atom is 0.262 e. The third-order valence-electron chi connectivity index (χ3n) is 3.85. The van der Waals surface area contributed by atoms with E-state index in [1.54, 1.807) is 24.3 Å². The van der Waals surface area contributed by atoms with Crippen molar-refractivity contribution in [3.8, 4) is 0 Å². The van der Waals surface area contributed by atoms with Gasteiger partial charge in [-0.25, -0.2) is 8.42 Å². The van der Waals surface area contributed by atoms with Gasteiger partial charge in [-0.2, -0.15) is 0 Å². The Bertz CT molecular complexity index is 843. The molecule has 0 amide bonds. The fourth-order valence-corrected chi connectivity index (χ4v) is 3.26. The molecule has 1 atom stereocenters. The minimum atomic E-state index is -3.63. The molecule has 0 heterocycles. The second kappa shape index (κ2) is 7.07. The van der Waals surface area contributed by atoms with Crippen LogP contribution in [0.4, 0.5) is 0 Å². The predicted octanol–water partition coefficient (Wildman–Crippen LogP) is 3.96. The predicted molar refractivity (Wildman–Crippen MR) is 95.0 cm³/mol. The van der Waals surface area contributed by atoms with E-state index in [4.69, 9.17) is 16.4 Å². The SMILES string of the molecule is Cc1ccc(S(=O)(=O)NOCC2C/C2=C\c2ccc(Cl)cc2)cc1. The summed E-state index contributed by atoms with van der Waals surface area (Å²) in [6.07, 6.45) is 2.99. The molecule has 0 saturated heterocycles. The maximum absolute atomic E-state index is 12.1. The van der Waals surface area contributed by atoms with Crippen LogP contribution in [0.15, 0.2) is 59.0 Å². The van der Waals surface area contributed by atoms with Crippen molar-refractivity contribution in [3.63, 3.8) is 0 Å².